The summed E-state index contributed by atoms with van der Waals surface area (Å²) >= 11 is 0. The Balaban J connectivity index is 1.60. The summed E-state index contributed by atoms with van der Waals surface area (Å²) in [5.74, 6) is -0.354. The molecule has 0 radical (unpaired) electrons. The van der Waals surface area contributed by atoms with Crippen LogP contribution < -0.4 is 0 Å². The molecule has 2 rings (SSSR count). The number of hydrogen-bond acceptors (Lipinski definition) is 5. The van der Waals surface area contributed by atoms with Crippen LogP contribution in [0.5, 0.6) is 0 Å². The minimum atomic E-state index is -0.354. The van der Waals surface area contributed by atoms with Crippen LogP contribution in [0.1, 0.15) is 39.0 Å². The largest absolute Gasteiger partial charge is 0.460 e. The Bertz CT molecular complexity index is 363. The average molecular weight is 297 g/mol. The molecule has 0 bridgehead atoms. The van der Waals surface area contributed by atoms with Crippen molar-refractivity contribution in [3.8, 4) is 0 Å². The minimum absolute atomic E-state index is 0.0198. The van der Waals surface area contributed by atoms with Gasteiger partial charge in [0.25, 0.3) is 0 Å². The van der Waals surface area contributed by atoms with Crippen molar-refractivity contribution < 1.29 is 19.0 Å². The fourth-order valence-electron chi connectivity index (χ4n) is 3.11. The summed E-state index contributed by atoms with van der Waals surface area (Å²) < 4.78 is 16.6. The van der Waals surface area contributed by atoms with Crippen LogP contribution in [0.25, 0.3) is 0 Å². The van der Waals surface area contributed by atoms with Crippen LogP contribution in [0.4, 0.5) is 0 Å². The average Bonchev–Trinajstić information content (AvgIpc) is 2.85. The molecule has 21 heavy (non-hydrogen) atoms. The molecule has 1 spiro atoms. The van der Waals surface area contributed by atoms with E-state index >= 15 is 0 Å². The highest BCUT2D eigenvalue weighted by Gasteiger charge is 2.42. The molecule has 0 aromatic rings. The highest BCUT2D eigenvalue weighted by molar-refractivity contribution is 5.86. The van der Waals surface area contributed by atoms with Gasteiger partial charge in [0, 0.05) is 18.7 Å². The van der Waals surface area contributed by atoms with E-state index in [0.717, 1.165) is 32.5 Å². The normalized spacial score (nSPS) is 21.6. The minimum Gasteiger partial charge on any atom is -0.460 e. The van der Waals surface area contributed by atoms with Crippen LogP contribution in [0.2, 0.25) is 0 Å². The molecule has 0 unspecified atom stereocenters. The molecule has 1 aliphatic carbocycles. The van der Waals surface area contributed by atoms with Crippen molar-refractivity contribution in [3.05, 3.63) is 12.2 Å². The molecule has 0 aromatic carbocycles. The zero-order valence-corrected chi connectivity index (χ0v) is 13.1. The topological polar surface area (TPSA) is 48.0 Å². The first kappa shape index (κ1) is 16.5. The standard InChI is InChI=1S/C16H27NO4/c1-14(2)15(18)20-13-12-19-10-8-17-9-11-21-16(17)6-4-3-5-7-16/h1,3-13H2,2H3. The summed E-state index contributed by atoms with van der Waals surface area (Å²) in [6, 6.07) is 0. The number of nitrogens with zero attached hydrogens (tertiary/aromatic N) is 1. The second-order valence-electron chi connectivity index (χ2n) is 5.87. The van der Waals surface area contributed by atoms with Crippen molar-refractivity contribution in [1.29, 1.82) is 0 Å². The zero-order chi connectivity index (χ0) is 15.1. The molecule has 0 atom stereocenters. The molecule has 5 nitrogen and oxygen atoms in total. The summed E-state index contributed by atoms with van der Waals surface area (Å²) in [6.07, 6.45) is 6.12. The number of rotatable bonds is 7. The fraction of sp³-hybridized carbons (Fsp3) is 0.812. The number of carbonyl (C=O) groups excluding carboxylic acids is 1. The summed E-state index contributed by atoms with van der Waals surface area (Å²) in [6.45, 7) is 9.25. The van der Waals surface area contributed by atoms with Gasteiger partial charge in [0.1, 0.15) is 12.3 Å². The monoisotopic (exact) mass is 297 g/mol. The van der Waals surface area contributed by atoms with Crippen molar-refractivity contribution in [2.24, 2.45) is 0 Å². The maximum atomic E-state index is 11.2. The van der Waals surface area contributed by atoms with Crippen LogP contribution in [-0.2, 0) is 19.0 Å². The molecule has 120 valence electrons. The second kappa shape index (κ2) is 7.92. The molecule has 1 heterocycles. The van der Waals surface area contributed by atoms with Gasteiger partial charge in [0.15, 0.2) is 0 Å². The molecular formula is C16H27NO4. The lowest BCUT2D eigenvalue weighted by Gasteiger charge is -2.40. The molecule has 2 aliphatic rings. The lowest BCUT2D eigenvalue weighted by Crippen LogP contribution is -2.47. The van der Waals surface area contributed by atoms with Gasteiger partial charge in [-0.3, -0.25) is 4.90 Å². The summed E-state index contributed by atoms with van der Waals surface area (Å²) in [7, 11) is 0. The van der Waals surface area contributed by atoms with Gasteiger partial charge >= 0.3 is 5.97 Å². The van der Waals surface area contributed by atoms with E-state index in [9.17, 15) is 4.79 Å². The van der Waals surface area contributed by atoms with Crippen LogP contribution >= 0.6 is 0 Å². The van der Waals surface area contributed by atoms with E-state index in [0.29, 0.717) is 18.8 Å². The molecule has 1 saturated heterocycles. The van der Waals surface area contributed by atoms with Gasteiger partial charge in [-0.2, -0.15) is 0 Å². The maximum Gasteiger partial charge on any atom is 0.333 e. The lowest BCUT2D eigenvalue weighted by molar-refractivity contribution is -0.140. The first-order valence-corrected chi connectivity index (χ1v) is 7.93. The van der Waals surface area contributed by atoms with E-state index in [1.54, 1.807) is 6.92 Å². The molecule has 1 saturated carbocycles. The van der Waals surface area contributed by atoms with E-state index in [1.165, 1.54) is 19.3 Å². The van der Waals surface area contributed by atoms with Gasteiger partial charge in [0.05, 0.1) is 19.8 Å². The summed E-state index contributed by atoms with van der Waals surface area (Å²) in [4.78, 5) is 13.6. The Kier molecular flexibility index (Phi) is 6.21. The summed E-state index contributed by atoms with van der Waals surface area (Å²) in [5.41, 5.74) is 0.400. The highest BCUT2D eigenvalue weighted by atomic mass is 16.6. The van der Waals surface area contributed by atoms with E-state index in [1.807, 2.05) is 0 Å². The number of hydrogen-bond donors (Lipinski definition) is 0. The van der Waals surface area contributed by atoms with Crippen LogP contribution in [0, 0.1) is 0 Å². The lowest BCUT2D eigenvalue weighted by atomic mass is 9.91. The van der Waals surface area contributed by atoms with Gasteiger partial charge in [0.2, 0.25) is 0 Å². The van der Waals surface area contributed by atoms with E-state index in [2.05, 4.69) is 11.5 Å². The van der Waals surface area contributed by atoms with Crippen molar-refractivity contribution in [1.82, 2.24) is 4.90 Å². The third-order valence-electron chi connectivity index (χ3n) is 4.26. The number of carbonyl (C=O) groups is 1. The Morgan fingerprint density at radius 2 is 2.00 bits per heavy atom. The molecule has 1 aliphatic heterocycles. The second-order valence-corrected chi connectivity index (χ2v) is 5.87. The fourth-order valence-corrected chi connectivity index (χ4v) is 3.11. The predicted molar refractivity (Wildman–Crippen MR) is 79.9 cm³/mol. The Morgan fingerprint density at radius 1 is 1.24 bits per heavy atom. The third-order valence-corrected chi connectivity index (χ3v) is 4.26. The van der Waals surface area contributed by atoms with Gasteiger partial charge in [-0.05, 0) is 32.6 Å². The van der Waals surface area contributed by atoms with E-state index in [-0.39, 0.29) is 18.3 Å². The summed E-state index contributed by atoms with van der Waals surface area (Å²) in [5, 5.41) is 0. The van der Waals surface area contributed by atoms with Gasteiger partial charge < -0.3 is 14.2 Å². The van der Waals surface area contributed by atoms with Crippen LogP contribution in [-0.4, -0.2) is 56.1 Å². The van der Waals surface area contributed by atoms with E-state index < -0.39 is 0 Å². The van der Waals surface area contributed by atoms with Crippen LogP contribution in [0.15, 0.2) is 12.2 Å². The molecule has 2 fully saturated rings. The van der Waals surface area contributed by atoms with Gasteiger partial charge in [-0.15, -0.1) is 0 Å². The predicted octanol–water partition coefficient (Wildman–Crippen LogP) is 2.11. The molecule has 0 aromatic heterocycles. The first-order chi connectivity index (χ1) is 10.1. The number of esters is 1. The zero-order valence-electron chi connectivity index (χ0n) is 13.1. The van der Waals surface area contributed by atoms with E-state index in [4.69, 9.17) is 14.2 Å². The SMILES string of the molecule is C=C(C)C(=O)OCCOCCN1CCOC12CCCCC2. The third kappa shape index (κ3) is 4.53. The molecular weight excluding hydrogens is 270 g/mol. The van der Waals surface area contributed by atoms with Crippen molar-refractivity contribution in [2.75, 3.05) is 39.5 Å². The Labute approximate surface area is 127 Å². The Hall–Kier alpha value is -0.910. The van der Waals surface area contributed by atoms with Crippen molar-refractivity contribution >= 4 is 5.97 Å². The van der Waals surface area contributed by atoms with Crippen molar-refractivity contribution in [2.45, 2.75) is 44.8 Å². The quantitative estimate of drug-likeness (QED) is 0.409. The van der Waals surface area contributed by atoms with Gasteiger partial charge in [-0.25, -0.2) is 4.79 Å². The molecule has 0 amide bonds. The molecule has 5 heteroatoms. The Morgan fingerprint density at radius 3 is 2.71 bits per heavy atom. The first-order valence-electron chi connectivity index (χ1n) is 7.93. The molecule has 0 N–H and O–H groups in total. The number of ether oxygens (including phenoxy) is 3. The maximum absolute atomic E-state index is 11.2. The smallest absolute Gasteiger partial charge is 0.333 e. The van der Waals surface area contributed by atoms with Gasteiger partial charge in [-0.1, -0.05) is 13.0 Å². The highest BCUT2D eigenvalue weighted by Crippen LogP contribution is 2.37. The van der Waals surface area contributed by atoms with Crippen LogP contribution in [0.3, 0.4) is 0 Å². The van der Waals surface area contributed by atoms with Crippen molar-refractivity contribution in [3.63, 3.8) is 0 Å².